The van der Waals surface area contributed by atoms with Crippen molar-refractivity contribution in [1.82, 2.24) is 26.0 Å². The lowest BCUT2D eigenvalue weighted by molar-refractivity contribution is -0.142. The summed E-state index contributed by atoms with van der Waals surface area (Å²) in [6.07, 6.45) is 2.20. The smallest absolute Gasteiger partial charge is 0.263 e. The zero-order chi connectivity index (χ0) is 25.9. The Hall–Kier alpha value is -3.58. The number of nitrogens with zero attached hydrogens (tertiary/aromatic N) is 3. The van der Waals surface area contributed by atoms with Gasteiger partial charge in [-0.3, -0.25) is 9.59 Å². The summed E-state index contributed by atoms with van der Waals surface area (Å²) < 4.78 is 13.2. The first-order chi connectivity index (χ1) is 17.9. The highest BCUT2D eigenvalue weighted by molar-refractivity contribution is 5.97. The largest absolute Gasteiger partial charge is 0.340 e. The van der Waals surface area contributed by atoms with E-state index in [-0.39, 0.29) is 17.6 Å². The van der Waals surface area contributed by atoms with E-state index in [9.17, 15) is 14.0 Å². The first-order valence-corrected chi connectivity index (χ1v) is 12.7. The van der Waals surface area contributed by atoms with Gasteiger partial charge in [0, 0.05) is 44.2 Å². The quantitative estimate of drug-likeness (QED) is 0.455. The van der Waals surface area contributed by atoms with E-state index in [0.717, 1.165) is 24.2 Å². The van der Waals surface area contributed by atoms with Gasteiger partial charge in [0.25, 0.3) is 11.8 Å². The molecule has 9 heteroatoms. The van der Waals surface area contributed by atoms with Gasteiger partial charge in [-0.25, -0.2) is 14.4 Å². The number of benzene rings is 2. The summed E-state index contributed by atoms with van der Waals surface area (Å²) in [5.74, 6) is -0.330. The van der Waals surface area contributed by atoms with Crippen molar-refractivity contribution in [2.75, 3.05) is 33.2 Å². The third-order valence-electron chi connectivity index (χ3n) is 7.31. The maximum Gasteiger partial charge on any atom is 0.263 e. The summed E-state index contributed by atoms with van der Waals surface area (Å²) in [4.78, 5) is 26.7. The molecule has 8 nitrogen and oxygen atoms in total. The number of carbonyl (C=O) groups excluding carboxylic acids is 2. The molecule has 2 aromatic carbocycles. The van der Waals surface area contributed by atoms with Crippen molar-refractivity contribution in [3.63, 3.8) is 0 Å². The second kappa shape index (κ2) is 10.8. The molecule has 2 heterocycles. The fourth-order valence-electron chi connectivity index (χ4n) is 5.22. The number of likely N-dealkylation sites (N-methyl/N-ethyl adjacent to an activating group) is 1. The van der Waals surface area contributed by atoms with E-state index in [1.807, 2.05) is 30.3 Å². The molecule has 1 saturated carbocycles. The molecular weight excluding hydrogens is 471 g/mol. The predicted molar refractivity (Wildman–Crippen MR) is 137 cm³/mol. The standard InChI is InChI=1S/C28H31FN6O2/c1-34-17-21-15-31-16-26(21)35(34)28(37)24(33-27(36)20-6-4-18(14-30)5-7-20)3-2-12-32-25-13-23(25)19-8-10-22(29)11-9-19/h4-11,23-25,31-32H,2-3,12-13,15-17H2,1H3,(H,33,36)/t23-,24-,25+/m0/s1. The second-order valence-electron chi connectivity index (χ2n) is 9.93. The van der Waals surface area contributed by atoms with Crippen LogP contribution in [0, 0.1) is 17.1 Å². The van der Waals surface area contributed by atoms with E-state index in [4.69, 9.17) is 5.26 Å². The highest BCUT2D eigenvalue weighted by Gasteiger charge is 2.39. The van der Waals surface area contributed by atoms with Gasteiger partial charge < -0.3 is 16.0 Å². The van der Waals surface area contributed by atoms with Crippen molar-refractivity contribution in [1.29, 1.82) is 5.26 Å². The molecule has 0 spiro atoms. The van der Waals surface area contributed by atoms with Crippen molar-refractivity contribution in [3.8, 4) is 6.07 Å². The van der Waals surface area contributed by atoms with Crippen molar-refractivity contribution in [3.05, 3.63) is 82.3 Å². The Morgan fingerprint density at radius 3 is 2.65 bits per heavy atom. The number of hydrazine groups is 1. The summed E-state index contributed by atoms with van der Waals surface area (Å²) in [5.41, 5.74) is 4.19. The van der Waals surface area contributed by atoms with Crippen LogP contribution in [0.2, 0.25) is 0 Å². The van der Waals surface area contributed by atoms with E-state index in [1.54, 1.807) is 29.3 Å². The van der Waals surface area contributed by atoms with Crippen molar-refractivity contribution >= 4 is 11.8 Å². The monoisotopic (exact) mass is 502 g/mol. The molecule has 0 bridgehead atoms. The van der Waals surface area contributed by atoms with E-state index >= 15 is 0 Å². The van der Waals surface area contributed by atoms with Crippen LogP contribution < -0.4 is 16.0 Å². The summed E-state index contributed by atoms with van der Waals surface area (Å²) >= 11 is 0. The Bertz CT molecular complexity index is 1240. The van der Waals surface area contributed by atoms with Crippen LogP contribution in [0.5, 0.6) is 0 Å². The normalized spacial score (nSPS) is 21.5. The summed E-state index contributed by atoms with van der Waals surface area (Å²) in [5, 5.41) is 22.4. The minimum absolute atomic E-state index is 0.145. The Morgan fingerprint density at radius 2 is 1.92 bits per heavy atom. The number of rotatable bonds is 9. The van der Waals surface area contributed by atoms with E-state index in [2.05, 4.69) is 16.0 Å². The van der Waals surface area contributed by atoms with Crippen LogP contribution in [0.15, 0.2) is 59.8 Å². The number of nitriles is 1. The van der Waals surface area contributed by atoms with Gasteiger partial charge in [0.05, 0.1) is 17.3 Å². The van der Waals surface area contributed by atoms with Gasteiger partial charge in [0.2, 0.25) is 0 Å². The lowest BCUT2D eigenvalue weighted by atomic mass is 10.1. The third-order valence-corrected chi connectivity index (χ3v) is 7.31. The predicted octanol–water partition coefficient (Wildman–Crippen LogP) is 2.27. The number of nitrogens with one attached hydrogen (secondary N) is 3. The van der Waals surface area contributed by atoms with E-state index < -0.39 is 6.04 Å². The van der Waals surface area contributed by atoms with E-state index in [0.29, 0.717) is 55.6 Å². The van der Waals surface area contributed by atoms with Crippen LogP contribution in [0.25, 0.3) is 0 Å². The molecule has 2 aromatic rings. The molecule has 2 amide bonds. The minimum Gasteiger partial charge on any atom is -0.340 e. The molecule has 3 N–H and O–H groups in total. The van der Waals surface area contributed by atoms with Crippen LogP contribution in [-0.4, -0.2) is 67.1 Å². The Kier molecular flexibility index (Phi) is 7.33. The van der Waals surface area contributed by atoms with Gasteiger partial charge in [-0.1, -0.05) is 12.1 Å². The number of halogens is 1. The first kappa shape index (κ1) is 25.1. The van der Waals surface area contributed by atoms with Gasteiger partial charge in [0.1, 0.15) is 11.9 Å². The van der Waals surface area contributed by atoms with Gasteiger partial charge in [-0.2, -0.15) is 5.26 Å². The fourth-order valence-corrected chi connectivity index (χ4v) is 5.22. The van der Waals surface area contributed by atoms with Crippen molar-refractivity contribution < 1.29 is 14.0 Å². The average molecular weight is 503 g/mol. The summed E-state index contributed by atoms with van der Waals surface area (Å²) in [7, 11) is 1.89. The molecule has 1 fully saturated rings. The Morgan fingerprint density at radius 1 is 1.16 bits per heavy atom. The average Bonchev–Trinajstić information content (AvgIpc) is 3.42. The molecule has 5 rings (SSSR count). The molecule has 1 aliphatic carbocycles. The molecule has 0 radical (unpaired) electrons. The molecule has 2 aliphatic heterocycles. The molecule has 37 heavy (non-hydrogen) atoms. The Balaban J connectivity index is 1.21. The zero-order valence-corrected chi connectivity index (χ0v) is 20.8. The lowest BCUT2D eigenvalue weighted by Gasteiger charge is -2.31. The number of hydrogen-bond acceptors (Lipinski definition) is 6. The molecule has 192 valence electrons. The van der Waals surface area contributed by atoms with Crippen LogP contribution in [0.1, 0.15) is 46.7 Å². The molecular formula is C28H31FN6O2. The number of amides is 2. The van der Waals surface area contributed by atoms with Crippen molar-refractivity contribution in [2.24, 2.45) is 0 Å². The summed E-state index contributed by atoms with van der Waals surface area (Å²) in [6, 6.07) is 14.8. The molecule has 0 saturated heterocycles. The van der Waals surface area contributed by atoms with Gasteiger partial charge in [0.15, 0.2) is 0 Å². The molecule has 0 aromatic heterocycles. The van der Waals surface area contributed by atoms with Crippen LogP contribution in [0.3, 0.4) is 0 Å². The van der Waals surface area contributed by atoms with Crippen molar-refractivity contribution in [2.45, 2.75) is 37.3 Å². The van der Waals surface area contributed by atoms with Crippen LogP contribution in [-0.2, 0) is 4.79 Å². The number of hydrogen-bond donors (Lipinski definition) is 3. The van der Waals surface area contributed by atoms with Gasteiger partial charge in [-0.15, -0.1) is 0 Å². The topological polar surface area (TPSA) is 100 Å². The fraction of sp³-hybridized carbons (Fsp3) is 0.393. The highest BCUT2D eigenvalue weighted by atomic mass is 19.1. The number of carbonyl (C=O) groups is 2. The minimum atomic E-state index is -0.688. The van der Waals surface area contributed by atoms with Gasteiger partial charge >= 0.3 is 0 Å². The van der Waals surface area contributed by atoms with Gasteiger partial charge in [-0.05, 0) is 73.3 Å². The van der Waals surface area contributed by atoms with E-state index in [1.165, 1.54) is 17.7 Å². The molecule has 3 atom stereocenters. The van der Waals surface area contributed by atoms with Crippen LogP contribution in [0.4, 0.5) is 4.39 Å². The zero-order valence-electron chi connectivity index (χ0n) is 20.8. The molecule has 3 aliphatic rings. The molecule has 0 unspecified atom stereocenters. The van der Waals surface area contributed by atoms with Crippen LogP contribution >= 0.6 is 0 Å². The summed E-state index contributed by atoms with van der Waals surface area (Å²) in [6.45, 7) is 2.81. The SMILES string of the molecule is CN1CC2=C(CNC2)N1C(=O)[C@H](CCCN[C@@H]1C[C@H]1c1ccc(F)cc1)NC(=O)c1ccc(C#N)cc1. The highest BCUT2D eigenvalue weighted by Crippen LogP contribution is 2.40. The first-order valence-electron chi connectivity index (χ1n) is 12.7. The second-order valence-corrected chi connectivity index (χ2v) is 9.93. The maximum absolute atomic E-state index is 13.7. The third kappa shape index (κ3) is 5.57. The lowest BCUT2D eigenvalue weighted by Crippen LogP contribution is -2.52. The maximum atomic E-state index is 13.7. The Labute approximate surface area is 216 Å².